The van der Waals surface area contributed by atoms with Gasteiger partial charge in [-0.05, 0) is 6.42 Å². The molecule has 2 atom stereocenters. The molecule has 0 bridgehead atoms. The minimum absolute atomic E-state index is 0.303. The second-order valence-electron chi connectivity index (χ2n) is 2.09. The highest BCUT2D eigenvalue weighted by Crippen LogP contribution is 2.16. The van der Waals surface area contributed by atoms with E-state index < -0.39 is 22.7 Å². The summed E-state index contributed by atoms with van der Waals surface area (Å²) in [6, 6.07) is 0. The lowest BCUT2D eigenvalue weighted by Gasteiger charge is -2.11. The SMILES string of the molecule is CCC(C(=O)O)C(Br)C(=O)O. The molecular weight excluding hydrogens is 216 g/mol. The van der Waals surface area contributed by atoms with Crippen LogP contribution in [0.4, 0.5) is 0 Å². The molecule has 5 heteroatoms. The normalized spacial score (nSPS) is 15.5. The highest BCUT2D eigenvalue weighted by Gasteiger charge is 2.29. The second kappa shape index (κ2) is 4.33. The maximum atomic E-state index is 10.4. The summed E-state index contributed by atoms with van der Waals surface area (Å²) >= 11 is 2.79. The third-order valence-corrected chi connectivity index (χ3v) is 2.38. The molecule has 0 radical (unpaired) electrons. The standard InChI is InChI=1S/C6H9BrO4/c1-2-3(5(8)9)4(7)6(10)11/h3-4H,2H2,1H3,(H,8,9)(H,10,11). The van der Waals surface area contributed by atoms with E-state index in [0.717, 1.165) is 0 Å². The summed E-state index contributed by atoms with van der Waals surface area (Å²) in [4.78, 5) is 19.7. The minimum atomic E-state index is -1.14. The molecule has 64 valence electrons. The molecule has 0 aliphatic heterocycles. The van der Waals surface area contributed by atoms with Gasteiger partial charge in [-0.15, -0.1) is 0 Å². The first-order chi connectivity index (χ1) is 5.00. The number of rotatable bonds is 4. The number of aliphatic carboxylic acids is 2. The summed E-state index contributed by atoms with van der Waals surface area (Å²) in [5.41, 5.74) is 0. The molecule has 0 aliphatic rings. The Morgan fingerprint density at radius 1 is 1.36 bits per heavy atom. The molecule has 0 aromatic heterocycles. The molecule has 0 aromatic rings. The Kier molecular flexibility index (Phi) is 4.10. The van der Waals surface area contributed by atoms with Crippen LogP contribution in [0, 0.1) is 5.92 Å². The molecule has 4 nitrogen and oxygen atoms in total. The van der Waals surface area contributed by atoms with Crippen LogP contribution in [0.5, 0.6) is 0 Å². The fourth-order valence-corrected chi connectivity index (χ4v) is 1.28. The van der Waals surface area contributed by atoms with Gasteiger partial charge in [0.05, 0.1) is 5.92 Å². The molecule has 11 heavy (non-hydrogen) atoms. The Hall–Kier alpha value is -0.580. The Labute approximate surface area is 72.3 Å². The Morgan fingerprint density at radius 3 is 1.91 bits per heavy atom. The van der Waals surface area contributed by atoms with Crippen molar-refractivity contribution in [3.05, 3.63) is 0 Å². The lowest BCUT2D eigenvalue weighted by Crippen LogP contribution is -2.29. The number of carbonyl (C=O) groups is 2. The zero-order chi connectivity index (χ0) is 9.02. The predicted molar refractivity (Wildman–Crippen MR) is 41.8 cm³/mol. The van der Waals surface area contributed by atoms with Crippen molar-refractivity contribution in [2.45, 2.75) is 18.2 Å². The van der Waals surface area contributed by atoms with Gasteiger partial charge in [-0.2, -0.15) is 0 Å². The number of alkyl halides is 1. The lowest BCUT2D eigenvalue weighted by molar-refractivity contribution is -0.147. The van der Waals surface area contributed by atoms with Crippen LogP contribution in [0.2, 0.25) is 0 Å². The predicted octanol–water partition coefficient (Wildman–Crippen LogP) is 0.945. The van der Waals surface area contributed by atoms with Gasteiger partial charge >= 0.3 is 11.9 Å². The Balaban J connectivity index is 4.25. The molecule has 0 saturated heterocycles. The molecule has 0 saturated carbocycles. The number of halogens is 1. The fraction of sp³-hybridized carbons (Fsp3) is 0.667. The van der Waals surface area contributed by atoms with Gasteiger partial charge in [-0.3, -0.25) is 9.59 Å². The first-order valence-corrected chi connectivity index (χ1v) is 4.02. The van der Waals surface area contributed by atoms with Crippen LogP contribution < -0.4 is 0 Å². The zero-order valence-corrected chi connectivity index (χ0v) is 7.54. The average Bonchev–Trinajstić information content (AvgIpc) is 1.88. The van der Waals surface area contributed by atoms with Gasteiger partial charge in [0.25, 0.3) is 0 Å². The molecule has 0 aromatic carbocycles. The molecular formula is C6H9BrO4. The third-order valence-electron chi connectivity index (χ3n) is 1.35. The third kappa shape index (κ3) is 2.88. The number of carboxylic acids is 2. The maximum Gasteiger partial charge on any atom is 0.318 e. The van der Waals surface area contributed by atoms with Gasteiger partial charge in [-0.25, -0.2) is 0 Å². The lowest BCUT2D eigenvalue weighted by atomic mass is 10.0. The van der Waals surface area contributed by atoms with Crippen LogP contribution >= 0.6 is 15.9 Å². The first kappa shape index (κ1) is 10.4. The van der Waals surface area contributed by atoms with E-state index >= 15 is 0 Å². The van der Waals surface area contributed by atoms with Gasteiger partial charge in [0.2, 0.25) is 0 Å². The van der Waals surface area contributed by atoms with E-state index in [1.165, 1.54) is 0 Å². The van der Waals surface area contributed by atoms with Crippen molar-refractivity contribution in [2.24, 2.45) is 5.92 Å². The van der Waals surface area contributed by atoms with Crippen molar-refractivity contribution in [3.63, 3.8) is 0 Å². The Bertz CT molecular complexity index is 168. The van der Waals surface area contributed by atoms with E-state index in [9.17, 15) is 9.59 Å². The second-order valence-corrected chi connectivity index (χ2v) is 3.08. The van der Waals surface area contributed by atoms with Crippen molar-refractivity contribution < 1.29 is 19.8 Å². The van der Waals surface area contributed by atoms with E-state index in [1.54, 1.807) is 6.92 Å². The first-order valence-electron chi connectivity index (χ1n) is 3.10. The van der Waals surface area contributed by atoms with Crippen molar-refractivity contribution in [2.75, 3.05) is 0 Å². The van der Waals surface area contributed by atoms with Gasteiger partial charge in [0, 0.05) is 0 Å². The topological polar surface area (TPSA) is 74.6 Å². The largest absolute Gasteiger partial charge is 0.481 e. The number of hydrogen-bond acceptors (Lipinski definition) is 2. The summed E-state index contributed by atoms with van der Waals surface area (Å²) < 4.78 is 0. The van der Waals surface area contributed by atoms with E-state index in [-0.39, 0.29) is 0 Å². The quantitative estimate of drug-likeness (QED) is 0.698. The van der Waals surface area contributed by atoms with Crippen molar-refractivity contribution in [3.8, 4) is 0 Å². The average molecular weight is 225 g/mol. The van der Waals surface area contributed by atoms with E-state index in [2.05, 4.69) is 15.9 Å². The molecule has 0 aliphatic carbocycles. The van der Waals surface area contributed by atoms with Crippen LogP contribution in [-0.4, -0.2) is 27.0 Å². The number of hydrogen-bond donors (Lipinski definition) is 2. The van der Waals surface area contributed by atoms with Crippen LogP contribution in [0.3, 0.4) is 0 Å². The summed E-state index contributed by atoms with van der Waals surface area (Å²) in [6.07, 6.45) is 0.303. The summed E-state index contributed by atoms with van der Waals surface area (Å²) in [7, 11) is 0. The summed E-state index contributed by atoms with van der Waals surface area (Å²) in [5, 5.41) is 16.9. The van der Waals surface area contributed by atoms with Gasteiger partial charge in [0.15, 0.2) is 0 Å². The molecule has 0 fully saturated rings. The molecule has 0 heterocycles. The van der Waals surface area contributed by atoms with Crippen LogP contribution in [0.1, 0.15) is 13.3 Å². The van der Waals surface area contributed by atoms with Crippen molar-refractivity contribution in [1.82, 2.24) is 0 Å². The van der Waals surface area contributed by atoms with Crippen LogP contribution in [0.25, 0.3) is 0 Å². The van der Waals surface area contributed by atoms with Gasteiger partial charge in [-0.1, -0.05) is 22.9 Å². The van der Waals surface area contributed by atoms with Gasteiger partial charge < -0.3 is 10.2 Å². The molecule has 0 amide bonds. The number of carboxylic acid groups (broad SMARTS) is 2. The smallest absolute Gasteiger partial charge is 0.318 e. The van der Waals surface area contributed by atoms with E-state index in [1.807, 2.05) is 0 Å². The molecule has 2 N–H and O–H groups in total. The maximum absolute atomic E-state index is 10.4. The highest BCUT2D eigenvalue weighted by atomic mass is 79.9. The zero-order valence-electron chi connectivity index (χ0n) is 5.95. The van der Waals surface area contributed by atoms with Crippen molar-refractivity contribution in [1.29, 1.82) is 0 Å². The van der Waals surface area contributed by atoms with Gasteiger partial charge in [0.1, 0.15) is 4.83 Å². The van der Waals surface area contributed by atoms with Crippen LogP contribution in [-0.2, 0) is 9.59 Å². The fourth-order valence-electron chi connectivity index (χ4n) is 0.679. The summed E-state index contributed by atoms with van der Waals surface area (Å²) in [6.45, 7) is 1.63. The Morgan fingerprint density at radius 2 is 1.82 bits per heavy atom. The monoisotopic (exact) mass is 224 g/mol. The highest BCUT2D eigenvalue weighted by molar-refractivity contribution is 9.10. The molecule has 2 unspecified atom stereocenters. The van der Waals surface area contributed by atoms with E-state index in [4.69, 9.17) is 10.2 Å². The minimum Gasteiger partial charge on any atom is -0.481 e. The van der Waals surface area contributed by atoms with E-state index in [0.29, 0.717) is 6.42 Å². The summed E-state index contributed by atoms with van der Waals surface area (Å²) in [5.74, 6) is -3.08. The van der Waals surface area contributed by atoms with Crippen molar-refractivity contribution >= 4 is 27.9 Å². The molecule has 0 rings (SSSR count). The van der Waals surface area contributed by atoms with Crippen LogP contribution in [0.15, 0.2) is 0 Å². The molecule has 0 spiro atoms.